The van der Waals surface area contributed by atoms with Gasteiger partial charge in [0.25, 0.3) is 5.56 Å². The van der Waals surface area contributed by atoms with E-state index in [-0.39, 0.29) is 10.6 Å². The number of anilines is 1. The van der Waals surface area contributed by atoms with Crippen molar-refractivity contribution in [2.45, 2.75) is 0 Å². The lowest BCUT2D eigenvalue weighted by Crippen LogP contribution is -2.52. The molecule has 9 heteroatoms. The van der Waals surface area contributed by atoms with Gasteiger partial charge in [0, 0.05) is 39.8 Å². The van der Waals surface area contributed by atoms with Crippen LogP contribution in [0.5, 0.6) is 0 Å². The highest BCUT2D eigenvalue weighted by molar-refractivity contribution is 7.80. The highest BCUT2D eigenvalue weighted by atomic mass is 35.5. The minimum absolute atomic E-state index is 0.183. The van der Waals surface area contributed by atoms with Crippen molar-refractivity contribution in [3.8, 4) is 5.69 Å². The summed E-state index contributed by atoms with van der Waals surface area (Å²) in [6, 6.07) is 9.24. The fourth-order valence-electron chi connectivity index (χ4n) is 2.92. The average molecular weight is 408 g/mol. The molecule has 0 unspecified atom stereocenters. The number of benzene rings is 1. The van der Waals surface area contributed by atoms with E-state index in [1.165, 1.54) is 4.68 Å². The van der Waals surface area contributed by atoms with Crippen LogP contribution in [0, 0.1) is 0 Å². The lowest BCUT2D eigenvalue weighted by Gasteiger charge is -2.37. The van der Waals surface area contributed by atoms with Crippen LogP contribution in [-0.2, 0) is 4.74 Å². The molecule has 1 aromatic carbocycles. The number of piperazine rings is 1. The predicted octanol–water partition coefficient (Wildman–Crippen LogP) is 1.53. The molecule has 7 nitrogen and oxygen atoms in total. The van der Waals surface area contributed by atoms with Crippen LogP contribution >= 0.6 is 23.8 Å². The van der Waals surface area contributed by atoms with Gasteiger partial charge >= 0.3 is 0 Å². The molecule has 1 saturated heterocycles. The van der Waals surface area contributed by atoms with Crippen LogP contribution in [0.1, 0.15) is 0 Å². The Labute approximate surface area is 168 Å². The quantitative estimate of drug-likeness (QED) is 0.595. The third-order valence-corrected chi connectivity index (χ3v) is 5.15. The molecule has 2 aromatic rings. The third kappa shape index (κ3) is 4.58. The Morgan fingerprint density at radius 2 is 1.96 bits per heavy atom. The van der Waals surface area contributed by atoms with E-state index in [9.17, 15) is 4.79 Å². The summed E-state index contributed by atoms with van der Waals surface area (Å²) in [5.74, 6) is 0. The van der Waals surface area contributed by atoms with E-state index in [1.807, 2.05) is 30.3 Å². The fourth-order valence-corrected chi connectivity index (χ4v) is 3.45. The van der Waals surface area contributed by atoms with Gasteiger partial charge in [-0.15, -0.1) is 0 Å². The van der Waals surface area contributed by atoms with Crippen LogP contribution in [0.2, 0.25) is 5.02 Å². The average Bonchev–Trinajstić information content (AvgIpc) is 2.71. The zero-order valence-corrected chi connectivity index (χ0v) is 16.7. The molecule has 1 aliphatic rings. The first-order valence-electron chi connectivity index (χ1n) is 8.71. The third-order valence-electron chi connectivity index (χ3n) is 4.39. The summed E-state index contributed by atoms with van der Waals surface area (Å²) in [6.07, 6.45) is 1.65. The summed E-state index contributed by atoms with van der Waals surface area (Å²) in [4.78, 5) is 16.8. The molecule has 0 radical (unpaired) electrons. The second-order valence-electron chi connectivity index (χ2n) is 6.10. The summed E-state index contributed by atoms with van der Waals surface area (Å²) < 4.78 is 6.33. The second-order valence-corrected chi connectivity index (χ2v) is 6.86. The number of halogens is 1. The number of thiocarbonyl (C=S) groups is 1. The van der Waals surface area contributed by atoms with Gasteiger partial charge in [-0.05, 0) is 24.4 Å². The van der Waals surface area contributed by atoms with Crippen molar-refractivity contribution < 1.29 is 4.74 Å². The predicted molar refractivity (Wildman–Crippen MR) is 111 cm³/mol. The van der Waals surface area contributed by atoms with Gasteiger partial charge in [0.1, 0.15) is 5.02 Å². The normalized spacial score (nSPS) is 14.3. The molecule has 27 heavy (non-hydrogen) atoms. The standard InChI is InChI=1S/C18H22ClN5O2S/c1-26-12-7-20-18(27)23-10-8-22(9-11-23)15-13-21-24(17(25)16(15)19)14-5-3-2-4-6-14/h2-6,13H,7-12H2,1H3,(H,20,27). The maximum absolute atomic E-state index is 12.6. The zero-order valence-electron chi connectivity index (χ0n) is 15.1. The SMILES string of the molecule is COCCNC(=S)N1CCN(c2cnn(-c3ccccc3)c(=O)c2Cl)CC1. The fraction of sp³-hybridized carbons (Fsp3) is 0.389. The minimum Gasteiger partial charge on any atom is -0.383 e. The van der Waals surface area contributed by atoms with E-state index in [0.29, 0.717) is 37.6 Å². The molecule has 2 heterocycles. The van der Waals surface area contributed by atoms with Gasteiger partial charge in [0.2, 0.25) is 0 Å². The molecule has 0 amide bonds. The van der Waals surface area contributed by atoms with Crippen molar-refractivity contribution in [2.75, 3.05) is 51.3 Å². The first-order valence-corrected chi connectivity index (χ1v) is 9.50. The van der Waals surface area contributed by atoms with Crippen molar-refractivity contribution in [3.05, 3.63) is 51.9 Å². The van der Waals surface area contributed by atoms with Gasteiger partial charge in [-0.3, -0.25) is 4.79 Å². The summed E-state index contributed by atoms with van der Waals surface area (Å²) in [7, 11) is 1.66. The van der Waals surface area contributed by atoms with Gasteiger partial charge in [-0.1, -0.05) is 29.8 Å². The van der Waals surface area contributed by atoms with E-state index >= 15 is 0 Å². The number of rotatable bonds is 5. The van der Waals surface area contributed by atoms with E-state index in [4.69, 9.17) is 28.6 Å². The van der Waals surface area contributed by atoms with Crippen molar-refractivity contribution in [2.24, 2.45) is 0 Å². The maximum atomic E-state index is 12.6. The summed E-state index contributed by atoms with van der Waals surface area (Å²) in [5.41, 5.74) is 1.03. The van der Waals surface area contributed by atoms with Gasteiger partial charge in [-0.2, -0.15) is 9.78 Å². The topological polar surface area (TPSA) is 62.6 Å². The number of nitrogens with one attached hydrogen (secondary N) is 1. The molecular weight excluding hydrogens is 386 g/mol. The van der Waals surface area contributed by atoms with Crippen LogP contribution in [0.25, 0.3) is 5.69 Å². The number of hydrogen-bond acceptors (Lipinski definition) is 5. The highest BCUT2D eigenvalue weighted by Gasteiger charge is 2.22. The highest BCUT2D eigenvalue weighted by Crippen LogP contribution is 2.23. The number of ether oxygens (including phenoxy) is 1. The zero-order chi connectivity index (χ0) is 19.2. The van der Waals surface area contributed by atoms with Crippen LogP contribution in [0.15, 0.2) is 41.3 Å². The monoisotopic (exact) mass is 407 g/mol. The van der Waals surface area contributed by atoms with E-state index < -0.39 is 0 Å². The van der Waals surface area contributed by atoms with Gasteiger partial charge in [-0.25, -0.2) is 0 Å². The van der Waals surface area contributed by atoms with Crippen molar-refractivity contribution in [1.29, 1.82) is 0 Å². The molecule has 1 aromatic heterocycles. The Kier molecular flexibility index (Phi) is 6.65. The first-order chi connectivity index (χ1) is 13.1. The van der Waals surface area contributed by atoms with E-state index in [0.717, 1.165) is 18.2 Å². The smallest absolute Gasteiger partial charge is 0.292 e. The van der Waals surface area contributed by atoms with Crippen LogP contribution in [-0.4, -0.2) is 66.2 Å². The van der Waals surface area contributed by atoms with Crippen molar-refractivity contribution >= 4 is 34.6 Å². The number of nitrogens with zero attached hydrogens (tertiary/aromatic N) is 4. The van der Waals surface area contributed by atoms with Gasteiger partial charge < -0.3 is 19.9 Å². The van der Waals surface area contributed by atoms with Gasteiger partial charge in [0.05, 0.1) is 24.2 Å². The molecule has 1 aliphatic heterocycles. The Balaban J connectivity index is 1.67. The molecule has 0 spiro atoms. The lowest BCUT2D eigenvalue weighted by atomic mass is 10.3. The van der Waals surface area contributed by atoms with E-state index in [2.05, 4.69) is 20.2 Å². The minimum atomic E-state index is -0.320. The Hall–Kier alpha value is -2.16. The molecule has 1 N–H and O–H groups in total. The Bertz CT molecular complexity index is 837. The Morgan fingerprint density at radius 1 is 1.26 bits per heavy atom. The maximum Gasteiger partial charge on any atom is 0.292 e. The Morgan fingerprint density at radius 3 is 2.63 bits per heavy atom. The molecule has 0 saturated carbocycles. The largest absolute Gasteiger partial charge is 0.383 e. The summed E-state index contributed by atoms with van der Waals surface area (Å²) in [6.45, 7) is 4.21. The molecule has 0 atom stereocenters. The molecule has 144 valence electrons. The van der Waals surface area contributed by atoms with Crippen molar-refractivity contribution in [3.63, 3.8) is 0 Å². The number of para-hydroxylation sites is 1. The lowest BCUT2D eigenvalue weighted by molar-refractivity contribution is 0.202. The molecule has 0 bridgehead atoms. The summed E-state index contributed by atoms with van der Waals surface area (Å²) in [5, 5.41) is 8.38. The number of hydrogen-bond donors (Lipinski definition) is 1. The van der Waals surface area contributed by atoms with E-state index in [1.54, 1.807) is 13.3 Å². The number of methoxy groups -OCH3 is 1. The second kappa shape index (κ2) is 9.16. The number of aromatic nitrogens is 2. The first kappa shape index (κ1) is 19.6. The summed E-state index contributed by atoms with van der Waals surface area (Å²) >= 11 is 11.8. The van der Waals surface area contributed by atoms with Gasteiger partial charge in [0.15, 0.2) is 5.11 Å². The van der Waals surface area contributed by atoms with Crippen molar-refractivity contribution in [1.82, 2.24) is 20.0 Å². The molecule has 0 aliphatic carbocycles. The van der Waals surface area contributed by atoms with Crippen LogP contribution in [0.3, 0.4) is 0 Å². The molecule has 3 rings (SSSR count). The van der Waals surface area contributed by atoms with Crippen LogP contribution < -0.4 is 15.8 Å². The molecule has 1 fully saturated rings. The van der Waals surface area contributed by atoms with Crippen LogP contribution in [0.4, 0.5) is 5.69 Å². The molecular formula is C18H22ClN5O2S.